The second kappa shape index (κ2) is 12.5. The molecule has 0 atom stereocenters. The Morgan fingerprint density at radius 1 is 1.11 bits per heavy atom. The van der Waals surface area contributed by atoms with Crippen LogP contribution in [0.15, 0.2) is 18.2 Å². The van der Waals surface area contributed by atoms with Crippen molar-refractivity contribution in [1.29, 1.82) is 0 Å². The zero-order valence-electron chi connectivity index (χ0n) is 21.9. The van der Waals surface area contributed by atoms with E-state index >= 15 is 0 Å². The first-order chi connectivity index (χ1) is 17.3. The van der Waals surface area contributed by atoms with Crippen LogP contribution in [0.2, 0.25) is 0 Å². The molecule has 36 heavy (non-hydrogen) atoms. The van der Waals surface area contributed by atoms with E-state index in [0.29, 0.717) is 69.1 Å². The highest BCUT2D eigenvalue weighted by molar-refractivity contribution is 5.90. The van der Waals surface area contributed by atoms with Gasteiger partial charge in [-0.15, -0.1) is 0 Å². The summed E-state index contributed by atoms with van der Waals surface area (Å²) in [7, 11) is 3.18. The number of rotatable bonds is 10. The average Bonchev–Trinajstić information content (AvgIpc) is 3.18. The van der Waals surface area contributed by atoms with Crippen LogP contribution in [0.5, 0.6) is 11.5 Å². The molecule has 3 rings (SSSR count). The summed E-state index contributed by atoms with van der Waals surface area (Å²) in [6.07, 6.45) is 2.17. The van der Waals surface area contributed by atoms with Gasteiger partial charge >= 0.3 is 5.97 Å². The molecule has 9 heteroatoms. The number of benzene rings is 1. The molecule has 0 radical (unpaired) electrons. The van der Waals surface area contributed by atoms with E-state index in [1.54, 1.807) is 27.2 Å². The van der Waals surface area contributed by atoms with Gasteiger partial charge in [0, 0.05) is 49.3 Å². The Morgan fingerprint density at radius 2 is 1.83 bits per heavy atom. The van der Waals surface area contributed by atoms with Crippen LogP contribution in [0.3, 0.4) is 0 Å². The predicted octanol–water partition coefficient (Wildman–Crippen LogP) is 3.31. The van der Waals surface area contributed by atoms with Crippen LogP contribution in [0.4, 0.5) is 0 Å². The number of esters is 1. The third-order valence-corrected chi connectivity index (χ3v) is 6.83. The lowest BCUT2D eigenvalue weighted by atomic mass is 9.95. The monoisotopic (exact) mass is 499 g/mol. The van der Waals surface area contributed by atoms with E-state index in [9.17, 15) is 14.4 Å². The highest BCUT2D eigenvalue weighted by atomic mass is 16.5. The molecule has 1 saturated heterocycles. The maximum atomic E-state index is 12.8. The van der Waals surface area contributed by atoms with Crippen molar-refractivity contribution in [2.24, 2.45) is 5.92 Å². The molecule has 1 fully saturated rings. The molecule has 0 spiro atoms. The standard InChI is InChI=1S/C27H37N3O6/c1-6-36-27(33)25-17(2)22(18(3)29-25)9-10-24(31)30-13-11-19(12-14-30)26(32)28-16-20-7-8-21(34-4)15-23(20)35-5/h7-8,15,19,29H,6,9-14,16H2,1-5H3,(H,28,32). The topological polar surface area (TPSA) is 110 Å². The van der Waals surface area contributed by atoms with E-state index in [1.807, 2.05) is 30.9 Å². The first-order valence-electron chi connectivity index (χ1n) is 12.4. The first kappa shape index (κ1) is 27.1. The third-order valence-electron chi connectivity index (χ3n) is 6.83. The Hall–Kier alpha value is -3.49. The second-order valence-corrected chi connectivity index (χ2v) is 9.00. The summed E-state index contributed by atoms with van der Waals surface area (Å²) in [6.45, 7) is 7.35. The van der Waals surface area contributed by atoms with Crippen molar-refractivity contribution in [2.45, 2.75) is 53.0 Å². The highest BCUT2D eigenvalue weighted by Crippen LogP contribution is 2.25. The van der Waals surface area contributed by atoms with Gasteiger partial charge in [0.25, 0.3) is 0 Å². The minimum Gasteiger partial charge on any atom is -0.497 e. The lowest BCUT2D eigenvalue weighted by Gasteiger charge is -2.31. The molecule has 2 N–H and O–H groups in total. The normalized spacial score (nSPS) is 13.9. The lowest BCUT2D eigenvalue weighted by Crippen LogP contribution is -2.43. The molecule has 9 nitrogen and oxygen atoms in total. The quantitative estimate of drug-likeness (QED) is 0.486. The number of piperidine rings is 1. The molecule has 1 aromatic heterocycles. The molecule has 2 heterocycles. The number of hydrogen-bond acceptors (Lipinski definition) is 6. The molecule has 0 saturated carbocycles. The van der Waals surface area contributed by atoms with Gasteiger partial charge in [-0.1, -0.05) is 0 Å². The summed E-state index contributed by atoms with van der Waals surface area (Å²) in [5, 5.41) is 3.00. The number of hydrogen-bond donors (Lipinski definition) is 2. The first-order valence-corrected chi connectivity index (χ1v) is 12.4. The Bertz CT molecular complexity index is 1090. The molecule has 196 valence electrons. The van der Waals surface area contributed by atoms with Crippen molar-refractivity contribution in [3.05, 3.63) is 46.3 Å². The van der Waals surface area contributed by atoms with Crippen molar-refractivity contribution >= 4 is 17.8 Å². The smallest absolute Gasteiger partial charge is 0.355 e. The number of aromatic nitrogens is 1. The van der Waals surface area contributed by atoms with E-state index in [-0.39, 0.29) is 23.7 Å². The second-order valence-electron chi connectivity index (χ2n) is 9.00. The average molecular weight is 500 g/mol. The fourth-order valence-corrected chi connectivity index (χ4v) is 4.68. The molecular weight excluding hydrogens is 462 g/mol. The number of carbonyl (C=O) groups excluding carboxylic acids is 3. The van der Waals surface area contributed by atoms with E-state index in [4.69, 9.17) is 14.2 Å². The van der Waals surface area contributed by atoms with Gasteiger partial charge in [-0.3, -0.25) is 9.59 Å². The van der Waals surface area contributed by atoms with Crippen molar-refractivity contribution in [3.63, 3.8) is 0 Å². The molecular formula is C27H37N3O6. The Kier molecular flexibility index (Phi) is 9.38. The van der Waals surface area contributed by atoms with E-state index in [0.717, 1.165) is 22.4 Å². The fourth-order valence-electron chi connectivity index (χ4n) is 4.68. The minimum atomic E-state index is -0.374. The van der Waals surface area contributed by atoms with Gasteiger partial charge in [-0.2, -0.15) is 0 Å². The minimum absolute atomic E-state index is 0.00922. The number of ether oxygens (including phenoxy) is 3. The van der Waals surface area contributed by atoms with E-state index < -0.39 is 0 Å². The van der Waals surface area contributed by atoms with Crippen molar-refractivity contribution in [3.8, 4) is 11.5 Å². The lowest BCUT2D eigenvalue weighted by molar-refractivity contribution is -0.135. The van der Waals surface area contributed by atoms with Gasteiger partial charge in [0.1, 0.15) is 17.2 Å². The van der Waals surface area contributed by atoms with Crippen LogP contribution < -0.4 is 14.8 Å². The SMILES string of the molecule is CCOC(=O)c1[nH]c(C)c(CCC(=O)N2CCC(C(=O)NCc3ccc(OC)cc3OC)CC2)c1C. The molecule has 2 aromatic rings. The summed E-state index contributed by atoms with van der Waals surface area (Å²) in [5.41, 5.74) is 4.03. The van der Waals surface area contributed by atoms with E-state index in [2.05, 4.69) is 10.3 Å². The number of methoxy groups -OCH3 is 2. The summed E-state index contributed by atoms with van der Waals surface area (Å²) in [6, 6.07) is 5.50. The van der Waals surface area contributed by atoms with Crippen LogP contribution in [0.25, 0.3) is 0 Å². The van der Waals surface area contributed by atoms with E-state index in [1.165, 1.54) is 0 Å². The van der Waals surface area contributed by atoms with Gasteiger partial charge < -0.3 is 29.4 Å². The Labute approximate surface area is 212 Å². The van der Waals surface area contributed by atoms with Gasteiger partial charge in [-0.05, 0) is 63.3 Å². The molecule has 2 amide bonds. The maximum absolute atomic E-state index is 12.8. The molecule has 1 aliphatic rings. The molecule has 1 aliphatic heterocycles. The van der Waals surface area contributed by atoms with Crippen LogP contribution in [0.1, 0.15) is 59.1 Å². The predicted molar refractivity (Wildman–Crippen MR) is 135 cm³/mol. The Morgan fingerprint density at radius 3 is 2.47 bits per heavy atom. The highest BCUT2D eigenvalue weighted by Gasteiger charge is 2.28. The largest absolute Gasteiger partial charge is 0.497 e. The molecule has 0 unspecified atom stereocenters. The summed E-state index contributed by atoms with van der Waals surface area (Å²) in [5.74, 6) is 0.915. The van der Waals surface area contributed by atoms with Gasteiger partial charge in [0.05, 0.1) is 20.8 Å². The third kappa shape index (κ3) is 6.38. The van der Waals surface area contributed by atoms with Gasteiger partial charge in [-0.25, -0.2) is 4.79 Å². The zero-order chi connectivity index (χ0) is 26.2. The number of aromatic amines is 1. The van der Waals surface area contributed by atoms with Crippen molar-refractivity contribution in [2.75, 3.05) is 33.9 Å². The van der Waals surface area contributed by atoms with Crippen molar-refractivity contribution < 1.29 is 28.6 Å². The van der Waals surface area contributed by atoms with Gasteiger partial charge in [0.2, 0.25) is 11.8 Å². The number of likely N-dealkylation sites (tertiary alicyclic amines) is 1. The summed E-state index contributed by atoms with van der Waals surface area (Å²) >= 11 is 0. The number of H-pyrrole nitrogens is 1. The zero-order valence-corrected chi connectivity index (χ0v) is 21.9. The summed E-state index contributed by atoms with van der Waals surface area (Å²) in [4.78, 5) is 42.6. The van der Waals surface area contributed by atoms with Crippen LogP contribution >= 0.6 is 0 Å². The van der Waals surface area contributed by atoms with Crippen LogP contribution in [-0.4, -0.2) is 61.6 Å². The molecule has 1 aromatic carbocycles. The number of carbonyl (C=O) groups is 3. The van der Waals surface area contributed by atoms with Crippen LogP contribution in [-0.2, 0) is 27.3 Å². The number of nitrogens with zero attached hydrogens (tertiary/aromatic N) is 1. The van der Waals surface area contributed by atoms with Gasteiger partial charge in [0.15, 0.2) is 0 Å². The summed E-state index contributed by atoms with van der Waals surface area (Å²) < 4.78 is 15.7. The maximum Gasteiger partial charge on any atom is 0.355 e. The number of nitrogens with one attached hydrogen (secondary N) is 2. The number of amides is 2. The van der Waals surface area contributed by atoms with Crippen LogP contribution in [0, 0.1) is 19.8 Å². The molecule has 0 bridgehead atoms. The number of aryl methyl sites for hydroxylation is 1. The fraction of sp³-hybridized carbons (Fsp3) is 0.519. The van der Waals surface area contributed by atoms with Crippen molar-refractivity contribution in [1.82, 2.24) is 15.2 Å². The molecule has 0 aliphatic carbocycles. The Balaban J connectivity index is 1.47.